The van der Waals surface area contributed by atoms with Crippen LogP contribution in [0.15, 0.2) is 54.9 Å². The average molecular weight is 512 g/mol. The van der Waals surface area contributed by atoms with Crippen LogP contribution in [-0.4, -0.2) is 69.8 Å². The number of anilines is 1. The highest BCUT2D eigenvalue weighted by Crippen LogP contribution is 2.35. The van der Waals surface area contributed by atoms with Crippen LogP contribution in [-0.2, 0) is 10.9 Å². The molecule has 192 valence electrons. The lowest BCUT2D eigenvalue weighted by molar-refractivity contribution is -0.137. The number of pyridine rings is 1. The molecule has 0 saturated carbocycles. The number of aromatic nitrogens is 4. The molecule has 0 unspecified atom stereocenters. The van der Waals surface area contributed by atoms with Crippen LogP contribution in [0.25, 0.3) is 28.2 Å². The minimum absolute atomic E-state index is 0.170. The van der Waals surface area contributed by atoms with Gasteiger partial charge < -0.3 is 15.8 Å². The van der Waals surface area contributed by atoms with Crippen molar-refractivity contribution in [2.24, 2.45) is 0 Å². The Kier molecular flexibility index (Phi) is 6.76. The molecule has 5 rings (SSSR count). The highest BCUT2D eigenvalue weighted by Gasteiger charge is 2.34. The Balaban J connectivity index is 1.33. The van der Waals surface area contributed by atoms with E-state index in [4.69, 9.17) is 10.5 Å². The number of nitrogens with two attached hydrogens (primary N) is 1. The summed E-state index contributed by atoms with van der Waals surface area (Å²) in [7, 11) is 0. The minimum Gasteiger partial charge on any atom is -0.383 e. The number of nitrogens with one attached hydrogen (secondary N) is 1. The predicted octanol–water partition coefficient (Wildman–Crippen LogP) is 3.12. The first-order chi connectivity index (χ1) is 17.8. The normalized spacial score (nSPS) is 14.7. The van der Waals surface area contributed by atoms with E-state index in [-0.39, 0.29) is 11.5 Å². The molecule has 37 heavy (non-hydrogen) atoms. The number of carbonyl (C=O) groups is 1. The molecule has 12 heteroatoms. The van der Waals surface area contributed by atoms with Gasteiger partial charge in [-0.2, -0.15) is 18.3 Å². The summed E-state index contributed by atoms with van der Waals surface area (Å²) in [6, 6.07) is 11.4. The Hall–Kier alpha value is -4.03. The third kappa shape index (κ3) is 5.39. The molecule has 3 aromatic heterocycles. The van der Waals surface area contributed by atoms with Gasteiger partial charge >= 0.3 is 6.18 Å². The van der Waals surface area contributed by atoms with Gasteiger partial charge in [0.25, 0.3) is 5.91 Å². The number of hydrogen-bond donors (Lipinski definition) is 2. The van der Waals surface area contributed by atoms with Crippen molar-refractivity contribution < 1.29 is 22.7 Å². The molecule has 3 N–H and O–H groups in total. The molecule has 0 aliphatic carbocycles. The molecule has 1 aliphatic rings. The van der Waals surface area contributed by atoms with E-state index in [1.54, 1.807) is 36.4 Å². The van der Waals surface area contributed by atoms with E-state index < -0.39 is 17.6 Å². The number of ether oxygens (including phenoxy) is 1. The number of morpholine rings is 1. The summed E-state index contributed by atoms with van der Waals surface area (Å²) in [5, 5.41) is 7.50. The number of nitrogen functional groups attached to an aromatic ring is 1. The van der Waals surface area contributed by atoms with Gasteiger partial charge in [-0.05, 0) is 30.3 Å². The van der Waals surface area contributed by atoms with E-state index in [0.717, 1.165) is 31.3 Å². The van der Waals surface area contributed by atoms with E-state index in [0.29, 0.717) is 42.4 Å². The maximum absolute atomic E-state index is 13.3. The number of amides is 1. The van der Waals surface area contributed by atoms with E-state index in [2.05, 4.69) is 25.3 Å². The topological polar surface area (TPSA) is 111 Å². The van der Waals surface area contributed by atoms with Gasteiger partial charge in [0, 0.05) is 49.1 Å². The lowest BCUT2D eigenvalue weighted by atomic mass is 10.1. The molecule has 1 aromatic carbocycles. The zero-order valence-corrected chi connectivity index (χ0v) is 19.7. The van der Waals surface area contributed by atoms with Crippen LogP contribution in [0.1, 0.15) is 15.9 Å². The molecule has 4 aromatic rings. The summed E-state index contributed by atoms with van der Waals surface area (Å²) in [5.41, 5.74) is 7.21. The Morgan fingerprint density at radius 2 is 1.78 bits per heavy atom. The Bertz CT molecular complexity index is 1410. The number of carbonyl (C=O) groups excluding carboxylic acids is 1. The highest BCUT2D eigenvalue weighted by atomic mass is 19.4. The van der Waals surface area contributed by atoms with Crippen LogP contribution in [0.3, 0.4) is 0 Å². The van der Waals surface area contributed by atoms with Crippen LogP contribution in [0.5, 0.6) is 0 Å². The fraction of sp³-hybridized carbons (Fsp3) is 0.280. The smallest absolute Gasteiger partial charge is 0.383 e. The number of imidazole rings is 1. The number of nitrogens with zero attached hydrogens (tertiary/aromatic N) is 5. The molecule has 1 fully saturated rings. The third-order valence-electron chi connectivity index (χ3n) is 6.14. The molecule has 0 bridgehead atoms. The molecule has 0 atom stereocenters. The molecule has 9 nitrogen and oxygen atoms in total. The Morgan fingerprint density at radius 3 is 2.51 bits per heavy atom. The number of halogens is 3. The van der Waals surface area contributed by atoms with Gasteiger partial charge in [0.2, 0.25) is 0 Å². The first kappa shape index (κ1) is 24.7. The van der Waals surface area contributed by atoms with Gasteiger partial charge in [0.05, 0.1) is 36.4 Å². The van der Waals surface area contributed by atoms with Crippen LogP contribution >= 0.6 is 0 Å². The zero-order valence-electron chi connectivity index (χ0n) is 19.7. The maximum atomic E-state index is 13.3. The lowest BCUT2D eigenvalue weighted by Gasteiger charge is -2.26. The largest absolute Gasteiger partial charge is 0.419 e. The van der Waals surface area contributed by atoms with Crippen molar-refractivity contribution in [1.82, 2.24) is 29.8 Å². The van der Waals surface area contributed by atoms with Gasteiger partial charge in [0.1, 0.15) is 5.82 Å². The minimum atomic E-state index is -4.64. The molecule has 1 aliphatic heterocycles. The SMILES string of the molecule is Nc1ncc(-c2cnc3ccc(-c4ccc(C(=O)NCCN5CCOCC5)cc4)nn23)cc1C(F)(F)F. The van der Waals surface area contributed by atoms with Gasteiger partial charge in [-0.3, -0.25) is 9.69 Å². The first-order valence-electron chi connectivity index (χ1n) is 11.7. The van der Waals surface area contributed by atoms with Crippen LogP contribution in [0.4, 0.5) is 19.0 Å². The summed E-state index contributed by atoms with van der Waals surface area (Å²) >= 11 is 0. The molecule has 0 radical (unpaired) electrons. The molecule has 1 saturated heterocycles. The van der Waals surface area contributed by atoms with Crippen molar-refractivity contribution in [1.29, 1.82) is 0 Å². The Morgan fingerprint density at radius 1 is 1.03 bits per heavy atom. The summed E-state index contributed by atoms with van der Waals surface area (Å²) in [4.78, 5) is 22.7. The third-order valence-corrected chi connectivity index (χ3v) is 6.14. The van der Waals surface area contributed by atoms with Gasteiger partial charge in [0.15, 0.2) is 5.65 Å². The summed E-state index contributed by atoms with van der Waals surface area (Å²) in [6.07, 6.45) is -1.94. The van der Waals surface area contributed by atoms with Gasteiger partial charge in [-0.15, -0.1) is 0 Å². The fourth-order valence-electron chi connectivity index (χ4n) is 4.11. The number of alkyl halides is 3. The first-order valence-corrected chi connectivity index (χ1v) is 11.7. The summed E-state index contributed by atoms with van der Waals surface area (Å²) < 4.78 is 46.7. The van der Waals surface area contributed by atoms with Crippen molar-refractivity contribution in [3.8, 4) is 22.5 Å². The standard InChI is InChI=1S/C25H24F3N7O2/c26-25(27,28)19-13-18(14-32-23(19)29)21-15-31-22-6-5-20(33-35(21)22)16-1-3-17(4-2-16)24(36)30-7-8-34-9-11-37-12-10-34/h1-6,13-15H,7-12H2,(H2,29,32)(H,30,36). The van der Waals surface area contributed by atoms with Crippen LogP contribution in [0.2, 0.25) is 0 Å². The average Bonchev–Trinajstić information content (AvgIpc) is 3.32. The number of hydrogen-bond acceptors (Lipinski definition) is 7. The fourth-order valence-corrected chi connectivity index (χ4v) is 4.11. The van der Waals surface area contributed by atoms with E-state index in [9.17, 15) is 18.0 Å². The molecular formula is C25H24F3N7O2. The zero-order chi connectivity index (χ0) is 26.0. The van der Waals surface area contributed by atoms with Crippen molar-refractivity contribution in [3.63, 3.8) is 0 Å². The number of rotatable bonds is 6. The summed E-state index contributed by atoms with van der Waals surface area (Å²) in [5.74, 6) is -0.764. The second-order valence-corrected chi connectivity index (χ2v) is 8.57. The number of benzene rings is 1. The summed E-state index contributed by atoms with van der Waals surface area (Å²) in [6.45, 7) is 4.44. The molecule has 4 heterocycles. The Labute approximate surface area is 210 Å². The molecule has 0 spiro atoms. The van der Waals surface area contributed by atoms with Crippen LogP contribution < -0.4 is 11.1 Å². The molecule has 1 amide bonds. The van der Waals surface area contributed by atoms with Crippen molar-refractivity contribution in [2.45, 2.75) is 6.18 Å². The monoisotopic (exact) mass is 511 g/mol. The second-order valence-electron chi connectivity index (χ2n) is 8.57. The van der Waals surface area contributed by atoms with Gasteiger partial charge in [-0.1, -0.05) is 12.1 Å². The highest BCUT2D eigenvalue weighted by molar-refractivity contribution is 5.94. The van der Waals surface area contributed by atoms with E-state index in [1.165, 1.54) is 16.9 Å². The van der Waals surface area contributed by atoms with E-state index >= 15 is 0 Å². The van der Waals surface area contributed by atoms with Gasteiger partial charge in [-0.25, -0.2) is 14.5 Å². The van der Waals surface area contributed by atoms with E-state index in [1.807, 2.05) is 0 Å². The lowest BCUT2D eigenvalue weighted by Crippen LogP contribution is -2.41. The maximum Gasteiger partial charge on any atom is 0.419 e. The van der Waals surface area contributed by atoms with Crippen LogP contribution in [0, 0.1) is 0 Å². The second kappa shape index (κ2) is 10.1. The number of fused-ring (bicyclic) bond motifs is 1. The van der Waals surface area contributed by atoms with Crippen molar-refractivity contribution in [2.75, 3.05) is 45.1 Å². The predicted molar refractivity (Wildman–Crippen MR) is 131 cm³/mol. The molecular weight excluding hydrogens is 487 g/mol. The van der Waals surface area contributed by atoms with Crippen molar-refractivity contribution in [3.05, 3.63) is 66.0 Å². The quantitative estimate of drug-likeness (QED) is 0.409. The van der Waals surface area contributed by atoms with Crippen molar-refractivity contribution >= 4 is 17.4 Å².